The van der Waals surface area contributed by atoms with Gasteiger partial charge in [-0.15, -0.1) is 0 Å². The molecule has 2 aromatic carbocycles. The first-order valence-corrected chi connectivity index (χ1v) is 7.40. The van der Waals surface area contributed by atoms with Crippen LogP contribution in [0.4, 0.5) is 0 Å². The van der Waals surface area contributed by atoms with Gasteiger partial charge < -0.3 is 5.32 Å². The predicted octanol–water partition coefficient (Wildman–Crippen LogP) is 4.15. The molecule has 0 fully saturated rings. The van der Waals surface area contributed by atoms with E-state index in [1.807, 2.05) is 18.2 Å². The van der Waals surface area contributed by atoms with Gasteiger partial charge in [0.15, 0.2) is 0 Å². The third-order valence-corrected chi connectivity index (χ3v) is 3.84. The Labute approximate surface area is 127 Å². The van der Waals surface area contributed by atoms with Crippen molar-refractivity contribution in [3.05, 3.63) is 70.8 Å². The van der Waals surface area contributed by atoms with Gasteiger partial charge in [0.05, 0.1) is 11.6 Å². The highest BCUT2D eigenvalue weighted by atomic mass is 14.9. The Hall–Kier alpha value is -2.11. The maximum absolute atomic E-state index is 8.98. The van der Waals surface area contributed by atoms with Crippen LogP contribution in [0.1, 0.15) is 42.1 Å². The van der Waals surface area contributed by atoms with Crippen LogP contribution in [0.15, 0.2) is 48.5 Å². The smallest absolute Gasteiger partial charge is 0.0991 e. The van der Waals surface area contributed by atoms with E-state index in [1.165, 1.54) is 11.1 Å². The number of nitriles is 1. The molecular weight excluding hydrogens is 256 g/mol. The molecule has 2 atom stereocenters. The van der Waals surface area contributed by atoms with Gasteiger partial charge >= 0.3 is 0 Å². The summed E-state index contributed by atoms with van der Waals surface area (Å²) >= 11 is 0. The van der Waals surface area contributed by atoms with Crippen molar-refractivity contribution in [1.82, 2.24) is 5.32 Å². The maximum atomic E-state index is 8.98. The maximum Gasteiger partial charge on any atom is 0.0991 e. The van der Waals surface area contributed by atoms with Crippen LogP contribution in [0.3, 0.4) is 0 Å². The lowest BCUT2D eigenvalue weighted by Crippen LogP contribution is -2.31. The highest BCUT2D eigenvalue weighted by molar-refractivity contribution is 5.34. The summed E-state index contributed by atoms with van der Waals surface area (Å²) in [6.07, 6.45) is 1.01. The SMILES string of the molecule is Cc1ccccc1CC(C)NC(C)c1cccc(C#N)c1. The number of nitrogens with zero attached hydrogens (tertiary/aromatic N) is 1. The molecule has 2 heteroatoms. The molecule has 0 amide bonds. The van der Waals surface area contributed by atoms with Crippen molar-refractivity contribution in [2.75, 3.05) is 0 Å². The zero-order chi connectivity index (χ0) is 15.2. The van der Waals surface area contributed by atoms with Crippen LogP contribution in [0.5, 0.6) is 0 Å². The summed E-state index contributed by atoms with van der Waals surface area (Å²) < 4.78 is 0. The minimum atomic E-state index is 0.234. The van der Waals surface area contributed by atoms with E-state index in [2.05, 4.69) is 62.5 Å². The second-order valence-corrected chi connectivity index (χ2v) is 5.66. The molecule has 21 heavy (non-hydrogen) atoms. The molecule has 0 aliphatic carbocycles. The minimum Gasteiger partial charge on any atom is -0.307 e. The molecule has 0 saturated heterocycles. The van der Waals surface area contributed by atoms with Crippen LogP contribution in [-0.4, -0.2) is 6.04 Å². The van der Waals surface area contributed by atoms with Gasteiger partial charge in [0.2, 0.25) is 0 Å². The van der Waals surface area contributed by atoms with Crippen molar-refractivity contribution in [2.45, 2.75) is 39.3 Å². The van der Waals surface area contributed by atoms with E-state index >= 15 is 0 Å². The number of nitrogens with one attached hydrogen (secondary N) is 1. The number of benzene rings is 2. The first kappa shape index (κ1) is 15.3. The standard InChI is InChI=1S/C19H22N2/c1-14-7-4-5-9-18(14)11-15(2)21-16(3)19-10-6-8-17(12-19)13-20/h4-10,12,15-16,21H,11H2,1-3H3. The summed E-state index contributed by atoms with van der Waals surface area (Å²) in [5.41, 5.74) is 4.60. The van der Waals surface area contributed by atoms with Crippen molar-refractivity contribution in [2.24, 2.45) is 0 Å². The van der Waals surface area contributed by atoms with Gasteiger partial charge in [0.1, 0.15) is 0 Å². The Bertz CT molecular complexity index is 640. The molecular formula is C19H22N2. The van der Waals surface area contributed by atoms with Gasteiger partial charge in [-0.25, -0.2) is 0 Å². The van der Waals surface area contributed by atoms with Crippen LogP contribution < -0.4 is 5.32 Å². The lowest BCUT2D eigenvalue weighted by molar-refractivity contribution is 0.476. The Morgan fingerprint density at radius 1 is 1.10 bits per heavy atom. The number of hydrogen-bond donors (Lipinski definition) is 1. The number of hydrogen-bond acceptors (Lipinski definition) is 2. The topological polar surface area (TPSA) is 35.8 Å². The van der Waals surface area contributed by atoms with Gasteiger partial charge in [-0.3, -0.25) is 0 Å². The number of aryl methyl sites for hydroxylation is 1. The monoisotopic (exact) mass is 278 g/mol. The first-order valence-electron chi connectivity index (χ1n) is 7.40. The molecule has 108 valence electrons. The van der Waals surface area contributed by atoms with E-state index in [1.54, 1.807) is 0 Å². The third kappa shape index (κ3) is 4.18. The molecule has 0 aliphatic heterocycles. The number of rotatable bonds is 5. The van der Waals surface area contributed by atoms with E-state index in [4.69, 9.17) is 5.26 Å². The van der Waals surface area contributed by atoms with Crippen LogP contribution in [-0.2, 0) is 6.42 Å². The van der Waals surface area contributed by atoms with Gasteiger partial charge in [-0.05, 0) is 56.0 Å². The molecule has 0 heterocycles. The highest BCUT2D eigenvalue weighted by Gasteiger charge is 2.11. The van der Waals surface area contributed by atoms with Crippen molar-refractivity contribution < 1.29 is 0 Å². The van der Waals surface area contributed by atoms with E-state index in [0.717, 1.165) is 12.0 Å². The van der Waals surface area contributed by atoms with Crippen LogP contribution >= 0.6 is 0 Å². The van der Waals surface area contributed by atoms with Gasteiger partial charge in [0.25, 0.3) is 0 Å². The third-order valence-electron chi connectivity index (χ3n) is 3.84. The summed E-state index contributed by atoms with van der Waals surface area (Å²) in [6, 6.07) is 19.1. The zero-order valence-corrected chi connectivity index (χ0v) is 12.9. The van der Waals surface area contributed by atoms with E-state index in [9.17, 15) is 0 Å². The molecule has 2 unspecified atom stereocenters. The second-order valence-electron chi connectivity index (χ2n) is 5.66. The molecule has 2 rings (SSSR count). The molecule has 1 N–H and O–H groups in total. The lowest BCUT2D eigenvalue weighted by atomic mass is 10.00. The molecule has 0 bridgehead atoms. The summed E-state index contributed by atoms with van der Waals surface area (Å²) in [5.74, 6) is 0. The first-order chi connectivity index (χ1) is 10.1. The molecule has 0 aromatic heterocycles. The quantitative estimate of drug-likeness (QED) is 0.892. The molecule has 0 spiro atoms. The Morgan fingerprint density at radius 2 is 1.86 bits per heavy atom. The molecule has 2 nitrogen and oxygen atoms in total. The van der Waals surface area contributed by atoms with Crippen molar-refractivity contribution in [3.8, 4) is 6.07 Å². The largest absolute Gasteiger partial charge is 0.307 e. The van der Waals surface area contributed by atoms with Crippen molar-refractivity contribution in [1.29, 1.82) is 5.26 Å². The fourth-order valence-electron chi connectivity index (χ4n) is 2.63. The van der Waals surface area contributed by atoms with Crippen LogP contribution in [0.25, 0.3) is 0 Å². The fourth-order valence-corrected chi connectivity index (χ4v) is 2.63. The second kappa shape index (κ2) is 7.06. The predicted molar refractivity (Wildman–Crippen MR) is 87.1 cm³/mol. The van der Waals surface area contributed by atoms with E-state index in [0.29, 0.717) is 11.6 Å². The van der Waals surface area contributed by atoms with E-state index < -0.39 is 0 Å². The summed E-state index contributed by atoms with van der Waals surface area (Å²) in [7, 11) is 0. The van der Waals surface area contributed by atoms with E-state index in [-0.39, 0.29) is 6.04 Å². The van der Waals surface area contributed by atoms with Crippen molar-refractivity contribution >= 4 is 0 Å². The lowest BCUT2D eigenvalue weighted by Gasteiger charge is -2.21. The fraction of sp³-hybridized carbons (Fsp3) is 0.316. The molecule has 2 aromatic rings. The Balaban J connectivity index is 2.00. The average molecular weight is 278 g/mol. The molecule has 0 saturated carbocycles. The van der Waals surface area contributed by atoms with Gasteiger partial charge in [-0.1, -0.05) is 36.4 Å². The Kier molecular flexibility index (Phi) is 5.14. The van der Waals surface area contributed by atoms with Crippen LogP contribution in [0.2, 0.25) is 0 Å². The molecule has 0 radical (unpaired) electrons. The summed E-state index contributed by atoms with van der Waals surface area (Å²) in [6.45, 7) is 6.50. The summed E-state index contributed by atoms with van der Waals surface area (Å²) in [4.78, 5) is 0. The summed E-state index contributed by atoms with van der Waals surface area (Å²) in [5, 5.41) is 12.6. The van der Waals surface area contributed by atoms with Gasteiger partial charge in [0, 0.05) is 12.1 Å². The Morgan fingerprint density at radius 3 is 2.57 bits per heavy atom. The highest BCUT2D eigenvalue weighted by Crippen LogP contribution is 2.16. The minimum absolute atomic E-state index is 0.234. The van der Waals surface area contributed by atoms with Crippen LogP contribution in [0, 0.1) is 18.3 Å². The zero-order valence-electron chi connectivity index (χ0n) is 12.9. The van der Waals surface area contributed by atoms with Gasteiger partial charge in [-0.2, -0.15) is 5.26 Å². The molecule has 0 aliphatic rings. The normalized spacial score (nSPS) is 13.4. The van der Waals surface area contributed by atoms with Crippen molar-refractivity contribution in [3.63, 3.8) is 0 Å². The average Bonchev–Trinajstić information content (AvgIpc) is 2.49.